The topological polar surface area (TPSA) is 58.6 Å². The van der Waals surface area contributed by atoms with Crippen LogP contribution in [-0.2, 0) is 11.2 Å². The van der Waals surface area contributed by atoms with Gasteiger partial charge in [0.25, 0.3) is 0 Å². The molecule has 0 saturated heterocycles. The van der Waals surface area contributed by atoms with Crippen LogP contribution in [0.5, 0.6) is 5.75 Å². The molecule has 1 aromatic carbocycles. The summed E-state index contributed by atoms with van der Waals surface area (Å²) in [5, 5.41) is 12.0. The van der Waals surface area contributed by atoms with Crippen molar-refractivity contribution in [2.45, 2.75) is 25.3 Å². The Labute approximate surface area is 94.2 Å². The Bertz CT molecular complexity index is 403. The van der Waals surface area contributed by atoms with Gasteiger partial charge in [-0.2, -0.15) is 0 Å². The molecule has 4 heteroatoms. The second-order valence-corrected chi connectivity index (χ2v) is 3.97. The Hall–Kier alpha value is -1.71. The van der Waals surface area contributed by atoms with Gasteiger partial charge in [0.15, 0.2) is 0 Å². The maximum absolute atomic E-state index is 10.5. The molecule has 0 bridgehead atoms. The maximum atomic E-state index is 10.5. The highest BCUT2D eigenvalue weighted by molar-refractivity contribution is 5.68. The maximum Gasteiger partial charge on any atom is 0.303 e. The Morgan fingerprint density at radius 3 is 3.12 bits per heavy atom. The molecule has 1 aliphatic heterocycles. The number of aliphatic carboxylic acids is 1. The fraction of sp³-hybridized carbons (Fsp3) is 0.417. The fourth-order valence-electron chi connectivity index (χ4n) is 2.07. The van der Waals surface area contributed by atoms with Gasteiger partial charge in [0.05, 0.1) is 12.8 Å². The molecule has 0 aliphatic carbocycles. The second kappa shape index (κ2) is 4.43. The quantitative estimate of drug-likeness (QED) is 0.815. The van der Waals surface area contributed by atoms with E-state index in [1.54, 1.807) is 7.11 Å². The van der Waals surface area contributed by atoms with Crippen LogP contribution < -0.4 is 10.1 Å². The van der Waals surface area contributed by atoms with E-state index in [1.807, 2.05) is 18.2 Å². The Balaban J connectivity index is 2.06. The van der Waals surface area contributed by atoms with Gasteiger partial charge in [-0.3, -0.25) is 4.79 Å². The summed E-state index contributed by atoms with van der Waals surface area (Å²) < 4.78 is 5.25. The van der Waals surface area contributed by atoms with Gasteiger partial charge in [-0.15, -0.1) is 0 Å². The van der Waals surface area contributed by atoms with Crippen molar-refractivity contribution in [3.05, 3.63) is 23.8 Å². The average molecular weight is 221 g/mol. The van der Waals surface area contributed by atoms with Crippen LogP contribution in [0, 0.1) is 0 Å². The minimum Gasteiger partial charge on any atom is -0.495 e. The number of carboxylic acids is 1. The van der Waals surface area contributed by atoms with Gasteiger partial charge in [0, 0.05) is 12.5 Å². The first-order valence-corrected chi connectivity index (χ1v) is 5.35. The summed E-state index contributed by atoms with van der Waals surface area (Å²) >= 11 is 0. The van der Waals surface area contributed by atoms with E-state index in [0.29, 0.717) is 6.42 Å². The molecule has 16 heavy (non-hydrogen) atoms. The molecule has 0 amide bonds. The zero-order chi connectivity index (χ0) is 11.5. The summed E-state index contributed by atoms with van der Waals surface area (Å²) in [7, 11) is 1.64. The summed E-state index contributed by atoms with van der Waals surface area (Å²) in [6.07, 6.45) is 1.72. The van der Waals surface area contributed by atoms with E-state index in [9.17, 15) is 4.79 Å². The third-order valence-electron chi connectivity index (χ3n) is 2.85. The van der Waals surface area contributed by atoms with Crippen LogP contribution in [0.1, 0.15) is 18.4 Å². The molecule has 0 fully saturated rings. The average Bonchev–Trinajstić information content (AvgIpc) is 2.68. The lowest BCUT2D eigenvalue weighted by Gasteiger charge is -2.10. The van der Waals surface area contributed by atoms with E-state index < -0.39 is 5.97 Å². The van der Waals surface area contributed by atoms with Crippen molar-refractivity contribution in [3.63, 3.8) is 0 Å². The normalized spacial score (nSPS) is 17.7. The first-order valence-electron chi connectivity index (χ1n) is 5.35. The van der Waals surface area contributed by atoms with Gasteiger partial charge in [-0.25, -0.2) is 0 Å². The van der Waals surface area contributed by atoms with Crippen LogP contribution in [-0.4, -0.2) is 24.2 Å². The van der Waals surface area contributed by atoms with Crippen molar-refractivity contribution >= 4 is 11.7 Å². The predicted molar refractivity (Wildman–Crippen MR) is 61.0 cm³/mol. The summed E-state index contributed by atoms with van der Waals surface area (Å²) in [5.74, 6) is 0.0834. The Morgan fingerprint density at radius 2 is 2.44 bits per heavy atom. The number of carbonyl (C=O) groups is 1. The zero-order valence-electron chi connectivity index (χ0n) is 9.19. The number of rotatable bonds is 4. The third kappa shape index (κ3) is 2.10. The van der Waals surface area contributed by atoms with Crippen molar-refractivity contribution in [3.8, 4) is 5.75 Å². The molecule has 1 atom stereocenters. The van der Waals surface area contributed by atoms with Gasteiger partial charge in [-0.1, -0.05) is 12.1 Å². The molecule has 86 valence electrons. The summed E-state index contributed by atoms with van der Waals surface area (Å²) in [5.41, 5.74) is 2.22. The van der Waals surface area contributed by atoms with Crippen molar-refractivity contribution in [1.29, 1.82) is 0 Å². The van der Waals surface area contributed by atoms with Crippen LogP contribution in [0.15, 0.2) is 18.2 Å². The van der Waals surface area contributed by atoms with Gasteiger partial charge in [-0.05, 0) is 24.5 Å². The number of nitrogens with one attached hydrogen (secondary N) is 1. The number of hydrogen-bond donors (Lipinski definition) is 2. The van der Waals surface area contributed by atoms with Crippen molar-refractivity contribution < 1.29 is 14.6 Å². The van der Waals surface area contributed by atoms with E-state index in [4.69, 9.17) is 9.84 Å². The number of methoxy groups -OCH3 is 1. The molecule has 0 spiro atoms. The summed E-state index contributed by atoms with van der Waals surface area (Å²) in [6.45, 7) is 0. The van der Waals surface area contributed by atoms with Crippen LogP contribution in [0.3, 0.4) is 0 Å². The SMILES string of the molecule is COc1cccc2c1NC(CCC(=O)O)C2. The molecule has 2 N–H and O–H groups in total. The highest BCUT2D eigenvalue weighted by Gasteiger charge is 2.23. The van der Waals surface area contributed by atoms with Gasteiger partial charge < -0.3 is 15.2 Å². The first-order chi connectivity index (χ1) is 7.70. The molecular formula is C12H15NO3. The van der Waals surface area contributed by atoms with E-state index >= 15 is 0 Å². The number of fused-ring (bicyclic) bond motifs is 1. The molecule has 1 heterocycles. The third-order valence-corrected chi connectivity index (χ3v) is 2.85. The number of ether oxygens (including phenoxy) is 1. The molecule has 0 aromatic heterocycles. The minimum absolute atomic E-state index is 0.202. The van der Waals surface area contributed by atoms with Crippen molar-refractivity contribution in [2.24, 2.45) is 0 Å². The Morgan fingerprint density at radius 1 is 1.62 bits per heavy atom. The first kappa shape index (κ1) is 10.8. The number of carboxylic acid groups (broad SMARTS) is 1. The number of anilines is 1. The fourth-order valence-corrected chi connectivity index (χ4v) is 2.07. The molecule has 4 nitrogen and oxygen atoms in total. The molecular weight excluding hydrogens is 206 g/mol. The Kier molecular flexibility index (Phi) is 2.99. The van der Waals surface area contributed by atoms with Crippen molar-refractivity contribution in [1.82, 2.24) is 0 Å². The molecule has 0 radical (unpaired) electrons. The van der Waals surface area contributed by atoms with Gasteiger partial charge >= 0.3 is 5.97 Å². The van der Waals surface area contributed by atoms with Crippen LogP contribution >= 0.6 is 0 Å². The monoisotopic (exact) mass is 221 g/mol. The number of benzene rings is 1. The largest absolute Gasteiger partial charge is 0.495 e. The van der Waals surface area contributed by atoms with E-state index in [2.05, 4.69) is 5.32 Å². The highest BCUT2D eigenvalue weighted by atomic mass is 16.5. The van der Waals surface area contributed by atoms with Crippen molar-refractivity contribution in [2.75, 3.05) is 12.4 Å². The van der Waals surface area contributed by atoms with Gasteiger partial charge in [0.1, 0.15) is 5.75 Å². The lowest BCUT2D eigenvalue weighted by molar-refractivity contribution is -0.137. The minimum atomic E-state index is -0.746. The number of hydrogen-bond acceptors (Lipinski definition) is 3. The van der Waals surface area contributed by atoms with Crippen LogP contribution in [0.25, 0.3) is 0 Å². The molecule has 2 rings (SSSR count). The molecule has 0 saturated carbocycles. The smallest absolute Gasteiger partial charge is 0.303 e. The van der Waals surface area contributed by atoms with Crippen LogP contribution in [0.2, 0.25) is 0 Å². The predicted octanol–water partition coefficient (Wildman–Crippen LogP) is 1.90. The van der Waals surface area contributed by atoms with E-state index in [-0.39, 0.29) is 12.5 Å². The van der Waals surface area contributed by atoms with Crippen LogP contribution in [0.4, 0.5) is 5.69 Å². The van der Waals surface area contributed by atoms with E-state index in [1.165, 1.54) is 5.56 Å². The second-order valence-electron chi connectivity index (χ2n) is 3.97. The number of para-hydroxylation sites is 1. The molecule has 1 aliphatic rings. The van der Waals surface area contributed by atoms with Gasteiger partial charge in [0.2, 0.25) is 0 Å². The molecule has 1 aromatic rings. The summed E-state index contributed by atoms with van der Waals surface area (Å²) in [6, 6.07) is 6.12. The molecule has 1 unspecified atom stereocenters. The lowest BCUT2D eigenvalue weighted by atomic mass is 10.1. The summed E-state index contributed by atoms with van der Waals surface area (Å²) in [4.78, 5) is 10.5. The standard InChI is InChI=1S/C12H15NO3/c1-16-10-4-2-3-8-7-9(13-12(8)10)5-6-11(14)15/h2-4,9,13H,5-7H2,1H3,(H,14,15). The zero-order valence-corrected chi connectivity index (χ0v) is 9.19. The van der Waals surface area contributed by atoms with E-state index in [0.717, 1.165) is 17.9 Å². The lowest BCUT2D eigenvalue weighted by Crippen LogP contribution is -2.16. The highest BCUT2D eigenvalue weighted by Crippen LogP contribution is 2.35.